The van der Waals surface area contributed by atoms with E-state index in [1.54, 1.807) is 0 Å². The molecule has 0 bridgehead atoms. The van der Waals surface area contributed by atoms with Crippen LogP contribution in [0.3, 0.4) is 0 Å². The lowest BCUT2D eigenvalue weighted by Crippen LogP contribution is -2.01. The molecule has 0 aromatic heterocycles. The Hall–Kier alpha value is -0.420. The lowest BCUT2D eigenvalue weighted by Gasteiger charge is -1.82. The van der Waals surface area contributed by atoms with Gasteiger partial charge in [0.2, 0.25) is 11.1 Å². The Labute approximate surface area is 48.8 Å². The Balaban J connectivity index is 2.57. The maximum atomic E-state index is 10.1. The summed E-state index contributed by atoms with van der Waals surface area (Å²) in [5, 5.41) is 3.53. The summed E-state index contributed by atoms with van der Waals surface area (Å²) in [7, 11) is 0. The third-order valence-corrected chi connectivity index (χ3v) is 1.46. The fourth-order valence-corrected chi connectivity index (χ4v) is 0.790. The van der Waals surface area contributed by atoms with Crippen LogP contribution in [0, 0.1) is 0 Å². The molecular weight excluding hydrogens is 130 g/mol. The van der Waals surface area contributed by atoms with E-state index in [2.05, 4.69) is 9.99 Å². The van der Waals surface area contributed by atoms with Crippen LogP contribution in [-0.2, 0) is 15.9 Å². The Morgan fingerprint density at radius 1 is 1.88 bits per heavy atom. The van der Waals surface area contributed by atoms with Crippen LogP contribution in [0.2, 0.25) is 0 Å². The molecule has 0 amide bonds. The summed E-state index contributed by atoms with van der Waals surface area (Å²) in [5.41, 5.74) is 0. The molecule has 1 N–H and O–H groups in total. The summed E-state index contributed by atoms with van der Waals surface area (Å²) in [6.07, 6.45) is 0.475. The first kappa shape index (κ1) is 5.71. The van der Waals surface area contributed by atoms with Crippen molar-refractivity contribution in [3.05, 3.63) is 0 Å². The minimum atomic E-state index is -1.92. The molecule has 0 spiro atoms. The molecule has 0 aliphatic carbocycles. The normalized spacial score (nSPS) is 21.9. The molecule has 46 valence electrons. The van der Waals surface area contributed by atoms with Crippen molar-refractivity contribution in [2.45, 2.75) is 6.42 Å². The molecule has 0 aromatic carbocycles. The average molecular weight is 135 g/mol. The molecule has 1 unspecified atom stereocenters. The van der Waals surface area contributed by atoms with E-state index in [9.17, 15) is 4.21 Å². The van der Waals surface area contributed by atoms with Crippen LogP contribution in [0.25, 0.3) is 0 Å². The molecule has 0 saturated carbocycles. The van der Waals surface area contributed by atoms with Crippen molar-refractivity contribution < 1.29 is 13.6 Å². The third-order valence-electron chi connectivity index (χ3n) is 0.775. The fraction of sp³-hybridized carbons (Fsp3) is 0.667. The van der Waals surface area contributed by atoms with E-state index < -0.39 is 11.1 Å². The van der Waals surface area contributed by atoms with Gasteiger partial charge in [-0.1, -0.05) is 5.16 Å². The summed E-state index contributed by atoms with van der Waals surface area (Å²) in [4.78, 5) is 4.45. The Bertz CT molecular complexity index is 143. The number of hydrogen-bond acceptors (Lipinski definition) is 3. The van der Waals surface area contributed by atoms with E-state index in [0.29, 0.717) is 13.0 Å². The van der Waals surface area contributed by atoms with Crippen LogP contribution in [0.15, 0.2) is 5.16 Å². The highest BCUT2D eigenvalue weighted by molar-refractivity contribution is 7.95. The molecule has 1 heterocycles. The predicted octanol–water partition coefficient (Wildman–Crippen LogP) is -0.0581. The number of hydrogen-bond donors (Lipinski definition) is 1. The second-order valence-corrected chi connectivity index (χ2v) is 2.29. The second-order valence-electron chi connectivity index (χ2n) is 1.32. The molecule has 1 atom stereocenters. The van der Waals surface area contributed by atoms with Crippen LogP contribution < -0.4 is 0 Å². The van der Waals surface area contributed by atoms with Gasteiger partial charge in [0.05, 0.1) is 0 Å². The fourth-order valence-electron chi connectivity index (χ4n) is 0.415. The monoisotopic (exact) mass is 135 g/mol. The minimum absolute atomic E-state index is 0.227. The van der Waals surface area contributed by atoms with E-state index in [4.69, 9.17) is 4.55 Å². The molecule has 1 rings (SSSR count). The first-order valence-electron chi connectivity index (χ1n) is 2.10. The highest BCUT2D eigenvalue weighted by atomic mass is 32.2. The summed E-state index contributed by atoms with van der Waals surface area (Å²) in [5.74, 6) is 0. The minimum Gasteiger partial charge on any atom is -0.395 e. The van der Waals surface area contributed by atoms with E-state index in [1.165, 1.54) is 0 Å². The van der Waals surface area contributed by atoms with Gasteiger partial charge >= 0.3 is 0 Å². The Kier molecular flexibility index (Phi) is 1.59. The van der Waals surface area contributed by atoms with Gasteiger partial charge < -0.3 is 9.39 Å². The lowest BCUT2D eigenvalue weighted by molar-refractivity contribution is 0.174. The Morgan fingerprint density at radius 3 is 2.88 bits per heavy atom. The van der Waals surface area contributed by atoms with Gasteiger partial charge in [0, 0.05) is 6.42 Å². The van der Waals surface area contributed by atoms with Crippen LogP contribution in [0.1, 0.15) is 6.42 Å². The van der Waals surface area contributed by atoms with Crippen molar-refractivity contribution in [3.8, 4) is 0 Å². The van der Waals surface area contributed by atoms with Gasteiger partial charge in [0.1, 0.15) is 6.61 Å². The first-order chi connectivity index (χ1) is 3.80. The van der Waals surface area contributed by atoms with E-state index >= 15 is 0 Å². The number of oxime groups is 1. The molecule has 1 aliphatic rings. The molecule has 0 saturated heterocycles. The van der Waals surface area contributed by atoms with Crippen molar-refractivity contribution in [2.24, 2.45) is 5.16 Å². The van der Waals surface area contributed by atoms with Crippen LogP contribution in [0.4, 0.5) is 0 Å². The SMILES string of the molecule is O=S(O)C1=NOCC1. The van der Waals surface area contributed by atoms with Crippen molar-refractivity contribution in [1.29, 1.82) is 0 Å². The molecule has 5 heteroatoms. The van der Waals surface area contributed by atoms with Crippen molar-refractivity contribution >= 4 is 16.1 Å². The maximum absolute atomic E-state index is 10.1. The smallest absolute Gasteiger partial charge is 0.204 e. The summed E-state index contributed by atoms with van der Waals surface area (Å²) in [6, 6.07) is 0. The standard InChI is InChI=1S/C3H5NO3S/c5-8(6)3-1-2-7-4-3/h1-2H2,(H,5,6). The van der Waals surface area contributed by atoms with Crippen molar-refractivity contribution in [1.82, 2.24) is 0 Å². The zero-order valence-electron chi connectivity index (χ0n) is 4.03. The number of nitrogens with zero attached hydrogens (tertiary/aromatic N) is 1. The zero-order chi connectivity index (χ0) is 5.98. The quantitative estimate of drug-likeness (QED) is 0.473. The molecule has 0 aromatic rings. The molecule has 0 radical (unpaired) electrons. The largest absolute Gasteiger partial charge is 0.395 e. The molecule has 4 nitrogen and oxygen atoms in total. The third kappa shape index (κ3) is 1.05. The van der Waals surface area contributed by atoms with Gasteiger partial charge in [-0.05, 0) is 0 Å². The topological polar surface area (TPSA) is 58.9 Å². The Morgan fingerprint density at radius 2 is 2.62 bits per heavy atom. The highest BCUT2D eigenvalue weighted by Crippen LogP contribution is 2.00. The highest BCUT2D eigenvalue weighted by Gasteiger charge is 2.12. The van der Waals surface area contributed by atoms with Crippen LogP contribution in [-0.4, -0.2) is 20.4 Å². The molecular formula is C3H5NO3S. The van der Waals surface area contributed by atoms with Gasteiger partial charge in [0.15, 0.2) is 5.04 Å². The van der Waals surface area contributed by atoms with E-state index in [1.807, 2.05) is 0 Å². The van der Waals surface area contributed by atoms with Gasteiger partial charge in [0.25, 0.3) is 0 Å². The zero-order valence-corrected chi connectivity index (χ0v) is 4.85. The molecule has 8 heavy (non-hydrogen) atoms. The summed E-state index contributed by atoms with van der Waals surface area (Å²) in [6.45, 7) is 0.432. The predicted molar refractivity (Wildman–Crippen MR) is 28.8 cm³/mol. The molecule has 1 aliphatic heterocycles. The van der Waals surface area contributed by atoms with Gasteiger partial charge in [-0.15, -0.1) is 0 Å². The van der Waals surface area contributed by atoms with Gasteiger partial charge in [-0.3, -0.25) is 0 Å². The van der Waals surface area contributed by atoms with Crippen molar-refractivity contribution in [3.63, 3.8) is 0 Å². The van der Waals surface area contributed by atoms with Gasteiger partial charge in [-0.25, -0.2) is 4.21 Å². The van der Waals surface area contributed by atoms with Crippen LogP contribution in [0.5, 0.6) is 0 Å². The van der Waals surface area contributed by atoms with Crippen molar-refractivity contribution in [2.75, 3.05) is 6.61 Å². The average Bonchev–Trinajstić information content (AvgIpc) is 2.12. The maximum Gasteiger partial charge on any atom is 0.204 e. The van der Waals surface area contributed by atoms with Gasteiger partial charge in [-0.2, -0.15) is 0 Å². The molecule has 0 fully saturated rings. The number of rotatable bonds is 0. The second kappa shape index (κ2) is 2.23. The van der Waals surface area contributed by atoms with E-state index in [0.717, 1.165) is 0 Å². The summed E-state index contributed by atoms with van der Waals surface area (Å²) >= 11 is -1.92. The first-order valence-corrected chi connectivity index (χ1v) is 3.21. The summed E-state index contributed by atoms with van der Waals surface area (Å²) < 4.78 is 18.4. The van der Waals surface area contributed by atoms with Crippen LogP contribution >= 0.6 is 0 Å². The lowest BCUT2D eigenvalue weighted by atomic mass is 10.5. The van der Waals surface area contributed by atoms with E-state index in [-0.39, 0.29) is 5.04 Å².